The molecule has 1 rings (SSSR count). The van der Waals surface area contributed by atoms with E-state index in [0.717, 1.165) is 5.56 Å². The molecule has 0 fully saturated rings. The number of aromatic hydroxyl groups is 1. The van der Waals surface area contributed by atoms with Crippen molar-refractivity contribution in [2.45, 2.75) is 19.8 Å². The first kappa shape index (κ1) is 12.3. The Morgan fingerprint density at radius 3 is 2.75 bits per heavy atom. The van der Waals surface area contributed by atoms with Gasteiger partial charge in [-0.05, 0) is 31.4 Å². The summed E-state index contributed by atoms with van der Waals surface area (Å²) in [7, 11) is 0. The number of phenolic OH excluding ortho intramolecular Hbond substituents is 1. The average Bonchev–Trinajstić information content (AvgIpc) is 2.26. The van der Waals surface area contributed by atoms with Gasteiger partial charge in [-0.2, -0.15) is 0 Å². The SMILES string of the molecule is C=C(C)C(=O)OCCCc1ccccc1O. The van der Waals surface area contributed by atoms with Gasteiger partial charge in [-0.25, -0.2) is 4.79 Å². The summed E-state index contributed by atoms with van der Waals surface area (Å²) in [5.41, 5.74) is 1.27. The second kappa shape index (κ2) is 5.95. The molecule has 1 aromatic carbocycles. The molecule has 1 aromatic rings. The summed E-state index contributed by atoms with van der Waals surface area (Å²) in [4.78, 5) is 11.0. The van der Waals surface area contributed by atoms with Crippen LogP contribution in [-0.4, -0.2) is 17.7 Å². The van der Waals surface area contributed by atoms with Crippen molar-refractivity contribution in [1.82, 2.24) is 0 Å². The zero-order valence-corrected chi connectivity index (χ0v) is 9.40. The highest BCUT2D eigenvalue weighted by atomic mass is 16.5. The Balaban J connectivity index is 2.29. The maximum absolute atomic E-state index is 11.0. The summed E-state index contributed by atoms with van der Waals surface area (Å²) in [5.74, 6) is -0.0778. The van der Waals surface area contributed by atoms with Gasteiger partial charge in [-0.3, -0.25) is 0 Å². The van der Waals surface area contributed by atoms with Gasteiger partial charge in [0.05, 0.1) is 6.61 Å². The fourth-order valence-electron chi connectivity index (χ4n) is 1.27. The highest BCUT2D eigenvalue weighted by Crippen LogP contribution is 2.17. The van der Waals surface area contributed by atoms with Gasteiger partial charge in [-0.1, -0.05) is 24.8 Å². The Morgan fingerprint density at radius 1 is 1.44 bits per heavy atom. The second-order valence-corrected chi connectivity index (χ2v) is 3.65. The highest BCUT2D eigenvalue weighted by molar-refractivity contribution is 5.86. The third-order valence-electron chi connectivity index (χ3n) is 2.16. The maximum Gasteiger partial charge on any atom is 0.333 e. The Morgan fingerprint density at radius 2 is 2.12 bits per heavy atom. The number of ether oxygens (including phenoxy) is 1. The van der Waals surface area contributed by atoms with Crippen molar-refractivity contribution in [2.24, 2.45) is 0 Å². The molecule has 0 atom stereocenters. The first-order chi connectivity index (χ1) is 7.61. The lowest BCUT2D eigenvalue weighted by molar-refractivity contribution is -0.139. The van der Waals surface area contributed by atoms with E-state index in [0.29, 0.717) is 25.0 Å². The monoisotopic (exact) mass is 220 g/mol. The Kier molecular flexibility index (Phi) is 4.58. The van der Waals surface area contributed by atoms with Crippen molar-refractivity contribution in [3.05, 3.63) is 42.0 Å². The van der Waals surface area contributed by atoms with Crippen molar-refractivity contribution in [2.75, 3.05) is 6.61 Å². The topological polar surface area (TPSA) is 46.5 Å². The first-order valence-electron chi connectivity index (χ1n) is 5.20. The highest BCUT2D eigenvalue weighted by Gasteiger charge is 2.03. The third kappa shape index (κ3) is 3.77. The van der Waals surface area contributed by atoms with Gasteiger partial charge in [-0.15, -0.1) is 0 Å². The standard InChI is InChI=1S/C13H16O3/c1-10(2)13(15)16-9-5-7-11-6-3-4-8-12(11)14/h3-4,6,8,14H,1,5,7,9H2,2H3. The van der Waals surface area contributed by atoms with Crippen LogP contribution in [0.4, 0.5) is 0 Å². The molecule has 3 heteroatoms. The molecule has 0 bridgehead atoms. The number of para-hydroxylation sites is 1. The minimum absolute atomic E-state index is 0.286. The first-order valence-corrected chi connectivity index (χ1v) is 5.20. The minimum Gasteiger partial charge on any atom is -0.508 e. The zero-order valence-electron chi connectivity index (χ0n) is 9.40. The molecule has 0 aromatic heterocycles. The van der Waals surface area contributed by atoms with E-state index < -0.39 is 0 Å². The van der Waals surface area contributed by atoms with Crippen LogP contribution in [0.5, 0.6) is 5.75 Å². The maximum atomic E-state index is 11.0. The van der Waals surface area contributed by atoms with Crippen LogP contribution in [-0.2, 0) is 16.0 Å². The van der Waals surface area contributed by atoms with E-state index >= 15 is 0 Å². The van der Waals surface area contributed by atoms with Gasteiger partial charge < -0.3 is 9.84 Å². The fraction of sp³-hybridized carbons (Fsp3) is 0.308. The van der Waals surface area contributed by atoms with Gasteiger partial charge >= 0.3 is 5.97 Å². The van der Waals surface area contributed by atoms with Gasteiger partial charge in [0.2, 0.25) is 0 Å². The van der Waals surface area contributed by atoms with Crippen LogP contribution in [0.15, 0.2) is 36.4 Å². The Bertz CT molecular complexity index is 383. The molecule has 0 amide bonds. The van der Waals surface area contributed by atoms with Crippen LogP contribution in [0, 0.1) is 0 Å². The quantitative estimate of drug-likeness (QED) is 0.471. The second-order valence-electron chi connectivity index (χ2n) is 3.65. The van der Waals surface area contributed by atoms with Crippen LogP contribution < -0.4 is 0 Å². The molecule has 86 valence electrons. The van der Waals surface area contributed by atoms with E-state index in [1.54, 1.807) is 19.1 Å². The smallest absolute Gasteiger partial charge is 0.333 e. The molecular weight excluding hydrogens is 204 g/mol. The van der Waals surface area contributed by atoms with Crippen LogP contribution >= 0.6 is 0 Å². The number of benzene rings is 1. The van der Waals surface area contributed by atoms with Gasteiger partial charge in [0.1, 0.15) is 5.75 Å². The predicted octanol–water partition coefficient (Wildman–Crippen LogP) is 2.44. The molecule has 0 spiro atoms. The lowest BCUT2D eigenvalue weighted by Gasteiger charge is -2.05. The van der Waals surface area contributed by atoms with E-state index in [4.69, 9.17) is 4.74 Å². The summed E-state index contributed by atoms with van der Waals surface area (Å²) in [6.45, 7) is 5.46. The molecule has 1 N–H and O–H groups in total. The number of esters is 1. The van der Waals surface area contributed by atoms with Crippen molar-refractivity contribution in [3.8, 4) is 5.75 Å². The lowest BCUT2D eigenvalue weighted by Crippen LogP contribution is -2.06. The van der Waals surface area contributed by atoms with E-state index in [1.165, 1.54) is 0 Å². The molecule has 3 nitrogen and oxygen atoms in total. The molecule has 0 aliphatic carbocycles. The van der Waals surface area contributed by atoms with Gasteiger partial charge in [0.25, 0.3) is 0 Å². The van der Waals surface area contributed by atoms with E-state index in [1.807, 2.05) is 12.1 Å². The van der Waals surface area contributed by atoms with Crippen molar-refractivity contribution < 1.29 is 14.6 Å². The fourth-order valence-corrected chi connectivity index (χ4v) is 1.27. The van der Waals surface area contributed by atoms with E-state index in [-0.39, 0.29) is 11.7 Å². The third-order valence-corrected chi connectivity index (χ3v) is 2.16. The summed E-state index contributed by atoms with van der Waals surface area (Å²) >= 11 is 0. The number of hydrogen-bond acceptors (Lipinski definition) is 3. The molecule has 0 saturated carbocycles. The van der Waals surface area contributed by atoms with Crippen LogP contribution in [0.3, 0.4) is 0 Å². The predicted molar refractivity (Wildman–Crippen MR) is 62.2 cm³/mol. The molecule has 0 radical (unpaired) electrons. The average molecular weight is 220 g/mol. The number of rotatable bonds is 5. The molecule has 0 aliphatic heterocycles. The zero-order chi connectivity index (χ0) is 12.0. The minimum atomic E-state index is -0.364. The Hall–Kier alpha value is -1.77. The summed E-state index contributed by atoms with van der Waals surface area (Å²) in [6.07, 6.45) is 1.38. The van der Waals surface area contributed by atoms with Gasteiger partial charge in [0, 0.05) is 5.57 Å². The van der Waals surface area contributed by atoms with Crippen LogP contribution in [0.25, 0.3) is 0 Å². The summed E-state index contributed by atoms with van der Waals surface area (Å²) in [5, 5.41) is 9.49. The number of carbonyl (C=O) groups is 1. The van der Waals surface area contributed by atoms with Crippen molar-refractivity contribution in [3.63, 3.8) is 0 Å². The van der Waals surface area contributed by atoms with Crippen molar-refractivity contribution >= 4 is 5.97 Å². The molecule has 0 saturated heterocycles. The Labute approximate surface area is 95.4 Å². The molecule has 0 heterocycles. The summed E-state index contributed by atoms with van der Waals surface area (Å²) in [6, 6.07) is 7.15. The number of carbonyl (C=O) groups excluding carboxylic acids is 1. The number of aryl methyl sites for hydroxylation is 1. The molecular formula is C13H16O3. The van der Waals surface area contributed by atoms with Crippen LogP contribution in [0.1, 0.15) is 18.9 Å². The van der Waals surface area contributed by atoms with E-state index in [2.05, 4.69) is 6.58 Å². The van der Waals surface area contributed by atoms with Gasteiger partial charge in [0.15, 0.2) is 0 Å². The number of phenols is 1. The normalized spacial score (nSPS) is 9.81. The molecule has 0 aliphatic rings. The van der Waals surface area contributed by atoms with Crippen LogP contribution in [0.2, 0.25) is 0 Å². The molecule has 16 heavy (non-hydrogen) atoms. The van der Waals surface area contributed by atoms with E-state index in [9.17, 15) is 9.90 Å². The molecule has 0 unspecified atom stereocenters. The lowest BCUT2D eigenvalue weighted by atomic mass is 10.1. The number of hydrogen-bond donors (Lipinski definition) is 1. The largest absolute Gasteiger partial charge is 0.508 e. The summed E-state index contributed by atoms with van der Waals surface area (Å²) < 4.78 is 4.94. The van der Waals surface area contributed by atoms with Crippen molar-refractivity contribution in [1.29, 1.82) is 0 Å².